The molecule has 168 valence electrons. The van der Waals surface area contributed by atoms with Gasteiger partial charge in [-0.15, -0.1) is 11.3 Å². The first-order valence-electron chi connectivity index (χ1n) is 10.9. The Morgan fingerprint density at radius 1 is 0.939 bits per heavy atom. The van der Waals surface area contributed by atoms with Gasteiger partial charge in [0.25, 0.3) is 5.56 Å². The Morgan fingerprint density at radius 3 is 2.52 bits per heavy atom. The van der Waals surface area contributed by atoms with Crippen molar-refractivity contribution in [2.24, 2.45) is 5.92 Å². The minimum atomic E-state index is -3.75. The normalized spacial score (nSPS) is 20.6. The van der Waals surface area contributed by atoms with Crippen LogP contribution in [0.1, 0.15) is 18.0 Å². The van der Waals surface area contributed by atoms with Crippen molar-refractivity contribution in [3.05, 3.63) is 88.6 Å². The molecule has 2 aliphatic rings. The quantitative estimate of drug-likeness (QED) is 0.428. The molecule has 2 aliphatic heterocycles. The smallest absolute Gasteiger partial charge is 0.250 e. The molecule has 33 heavy (non-hydrogen) atoms. The highest BCUT2D eigenvalue weighted by Crippen LogP contribution is 2.43. The molecule has 1 saturated heterocycles. The van der Waals surface area contributed by atoms with E-state index >= 15 is 0 Å². The highest BCUT2D eigenvalue weighted by Gasteiger charge is 2.40. The van der Waals surface area contributed by atoms with Crippen molar-refractivity contribution in [3.63, 3.8) is 0 Å². The molecule has 2 bridgehead atoms. The molecule has 0 saturated carbocycles. The van der Waals surface area contributed by atoms with Gasteiger partial charge in [-0.1, -0.05) is 18.2 Å². The Balaban J connectivity index is 1.43. The van der Waals surface area contributed by atoms with Gasteiger partial charge in [0.05, 0.1) is 4.90 Å². The number of fused-ring (bicyclic) bond motifs is 5. The number of halogens is 1. The molecule has 0 amide bonds. The van der Waals surface area contributed by atoms with Crippen molar-refractivity contribution < 1.29 is 12.8 Å². The number of hydrogen-bond donors (Lipinski definition) is 0. The van der Waals surface area contributed by atoms with Crippen molar-refractivity contribution in [2.45, 2.75) is 23.8 Å². The Labute approximate surface area is 194 Å². The van der Waals surface area contributed by atoms with E-state index in [4.69, 9.17) is 0 Å². The van der Waals surface area contributed by atoms with Crippen LogP contribution in [0.5, 0.6) is 0 Å². The van der Waals surface area contributed by atoms with Crippen LogP contribution in [0.2, 0.25) is 0 Å². The average molecular weight is 481 g/mol. The first-order chi connectivity index (χ1) is 15.9. The average Bonchev–Trinajstić information content (AvgIpc) is 3.24. The summed E-state index contributed by atoms with van der Waals surface area (Å²) in [6.07, 6.45) is 0.844. The SMILES string of the molecule is O=c1ccc(-c2cc3ccccc3s2)c2n1CC1CC2CN(S(=O)(=O)c2ccc(F)cc2)C1. The molecule has 0 N–H and O–H groups in total. The molecule has 4 aromatic rings. The van der Waals surface area contributed by atoms with E-state index in [1.54, 1.807) is 17.4 Å². The molecular formula is C25H21FN2O3S2. The molecule has 0 spiro atoms. The first kappa shape index (κ1) is 20.8. The Morgan fingerprint density at radius 2 is 1.73 bits per heavy atom. The van der Waals surface area contributed by atoms with Crippen LogP contribution in [0.25, 0.3) is 20.5 Å². The molecule has 8 heteroatoms. The summed E-state index contributed by atoms with van der Waals surface area (Å²) in [5.74, 6) is -0.491. The van der Waals surface area contributed by atoms with Gasteiger partial charge < -0.3 is 4.57 Å². The second-order valence-electron chi connectivity index (χ2n) is 8.80. The van der Waals surface area contributed by atoms with Gasteiger partial charge in [0.2, 0.25) is 10.0 Å². The molecular weight excluding hydrogens is 459 g/mol. The number of benzene rings is 2. The number of piperidine rings is 1. The molecule has 2 aromatic carbocycles. The summed E-state index contributed by atoms with van der Waals surface area (Å²) in [5, 5.41) is 1.15. The van der Waals surface area contributed by atoms with E-state index < -0.39 is 15.8 Å². The summed E-state index contributed by atoms with van der Waals surface area (Å²) in [6.45, 7) is 1.16. The van der Waals surface area contributed by atoms with Gasteiger partial charge in [0, 0.05) is 52.5 Å². The lowest BCUT2D eigenvalue weighted by Crippen LogP contribution is -2.49. The summed E-state index contributed by atoms with van der Waals surface area (Å²) >= 11 is 1.68. The van der Waals surface area contributed by atoms with Crippen LogP contribution in [0.4, 0.5) is 4.39 Å². The number of pyridine rings is 1. The summed E-state index contributed by atoms with van der Waals surface area (Å²) in [5.41, 5.74) is 1.88. The maximum absolute atomic E-state index is 13.4. The number of thiophene rings is 1. The van der Waals surface area contributed by atoms with Crippen LogP contribution in [0.15, 0.2) is 76.4 Å². The first-order valence-corrected chi connectivity index (χ1v) is 13.1. The molecule has 2 atom stereocenters. The molecule has 6 rings (SSSR count). The fourth-order valence-corrected chi connectivity index (χ4v) is 7.90. The fourth-order valence-electron chi connectivity index (χ4n) is 5.25. The van der Waals surface area contributed by atoms with Crippen LogP contribution in [0.3, 0.4) is 0 Å². The standard InChI is InChI=1S/C25H21FN2O3S2/c26-19-5-7-20(8-6-19)33(30,31)27-13-16-11-18(15-27)25-21(9-10-24(29)28(25)14-16)23-12-17-3-1-2-4-22(17)32-23/h1-10,12,16,18H,11,13-15H2. The molecule has 4 heterocycles. The number of rotatable bonds is 3. The van der Waals surface area contributed by atoms with Gasteiger partial charge in [-0.25, -0.2) is 12.8 Å². The van der Waals surface area contributed by atoms with Crippen LogP contribution < -0.4 is 5.56 Å². The third-order valence-electron chi connectivity index (χ3n) is 6.70. The number of hydrogen-bond acceptors (Lipinski definition) is 4. The number of nitrogens with zero attached hydrogens (tertiary/aromatic N) is 2. The maximum atomic E-state index is 13.4. The van der Waals surface area contributed by atoms with Crippen LogP contribution in [-0.2, 0) is 16.6 Å². The lowest BCUT2D eigenvalue weighted by atomic mass is 9.82. The molecule has 5 nitrogen and oxygen atoms in total. The lowest BCUT2D eigenvalue weighted by molar-refractivity contribution is 0.187. The topological polar surface area (TPSA) is 59.4 Å². The van der Waals surface area contributed by atoms with Crippen molar-refractivity contribution in [2.75, 3.05) is 13.1 Å². The van der Waals surface area contributed by atoms with Crippen molar-refractivity contribution in [1.82, 2.24) is 8.87 Å². The molecule has 1 fully saturated rings. The van der Waals surface area contributed by atoms with Crippen molar-refractivity contribution >= 4 is 31.4 Å². The van der Waals surface area contributed by atoms with Crippen molar-refractivity contribution in [1.29, 1.82) is 0 Å². The summed E-state index contributed by atoms with van der Waals surface area (Å²) < 4.78 is 44.5. The van der Waals surface area contributed by atoms with Gasteiger partial charge in [0.15, 0.2) is 0 Å². The number of sulfonamides is 1. The Bertz CT molecular complexity index is 1510. The van der Waals surface area contributed by atoms with E-state index in [0.717, 1.165) is 27.9 Å². The van der Waals surface area contributed by atoms with E-state index in [2.05, 4.69) is 18.2 Å². The predicted octanol–water partition coefficient (Wildman–Crippen LogP) is 4.68. The zero-order valence-electron chi connectivity index (χ0n) is 17.6. The zero-order valence-corrected chi connectivity index (χ0v) is 19.3. The fraction of sp³-hybridized carbons (Fsp3) is 0.240. The highest BCUT2D eigenvalue weighted by atomic mass is 32.2. The van der Waals surface area contributed by atoms with E-state index in [1.165, 1.54) is 33.3 Å². The van der Waals surface area contributed by atoms with Crippen LogP contribution in [0, 0.1) is 11.7 Å². The second-order valence-corrected chi connectivity index (χ2v) is 11.8. The van der Waals surface area contributed by atoms with Crippen molar-refractivity contribution in [3.8, 4) is 10.4 Å². The van der Waals surface area contributed by atoms with Gasteiger partial charge in [-0.05, 0) is 60.2 Å². The van der Waals surface area contributed by atoms with E-state index in [-0.39, 0.29) is 22.3 Å². The predicted molar refractivity (Wildman–Crippen MR) is 128 cm³/mol. The Hall–Kier alpha value is -2.81. The minimum Gasteiger partial charge on any atom is -0.311 e. The Kier molecular flexibility index (Phi) is 4.79. The minimum absolute atomic E-state index is 0.0422. The zero-order chi connectivity index (χ0) is 22.7. The van der Waals surface area contributed by atoms with Gasteiger partial charge >= 0.3 is 0 Å². The van der Waals surface area contributed by atoms with Crippen LogP contribution in [-0.4, -0.2) is 30.4 Å². The van der Waals surface area contributed by atoms with Gasteiger partial charge in [-0.2, -0.15) is 4.31 Å². The summed E-state index contributed by atoms with van der Waals surface area (Å²) in [7, 11) is -3.75. The highest BCUT2D eigenvalue weighted by molar-refractivity contribution is 7.89. The third kappa shape index (κ3) is 3.44. The second kappa shape index (κ2) is 7.62. The lowest BCUT2D eigenvalue weighted by Gasteiger charge is -2.42. The van der Waals surface area contributed by atoms with E-state index in [0.29, 0.717) is 19.6 Å². The van der Waals surface area contributed by atoms with E-state index in [1.807, 2.05) is 22.8 Å². The summed E-state index contributed by atoms with van der Waals surface area (Å²) in [6, 6.07) is 18.8. The van der Waals surface area contributed by atoms with Crippen LogP contribution >= 0.6 is 11.3 Å². The molecule has 2 aromatic heterocycles. The summed E-state index contributed by atoms with van der Waals surface area (Å²) in [4.78, 5) is 14.0. The van der Waals surface area contributed by atoms with Gasteiger partial charge in [-0.3, -0.25) is 4.79 Å². The number of aromatic nitrogens is 1. The van der Waals surface area contributed by atoms with E-state index in [9.17, 15) is 17.6 Å². The maximum Gasteiger partial charge on any atom is 0.250 e. The largest absolute Gasteiger partial charge is 0.311 e. The molecule has 0 radical (unpaired) electrons. The molecule has 2 unspecified atom stereocenters. The monoisotopic (exact) mass is 480 g/mol. The van der Waals surface area contributed by atoms with Gasteiger partial charge in [0.1, 0.15) is 5.82 Å². The molecule has 0 aliphatic carbocycles. The third-order valence-corrected chi connectivity index (χ3v) is 9.69.